The van der Waals surface area contributed by atoms with Crippen LogP contribution in [0.15, 0.2) is 30.3 Å². The van der Waals surface area contributed by atoms with Crippen molar-refractivity contribution in [2.75, 3.05) is 6.54 Å². The van der Waals surface area contributed by atoms with Crippen molar-refractivity contribution in [3.63, 3.8) is 0 Å². The summed E-state index contributed by atoms with van der Waals surface area (Å²) in [6, 6.07) is 10.5. The molecule has 1 aromatic heterocycles. The maximum Gasteiger partial charge on any atom is 0.0847 e. The SMILES string of the molecule is CCn1nc(C)c(Cl)c1CC(CC)(CN)c1ccccc1. The van der Waals surface area contributed by atoms with Crippen LogP contribution in [-0.4, -0.2) is 16.3 Å². The Kier molecular flexibility index (Phi) is 5.07. The lowest BCUT2D eigenvalue weighted by molar-refractivity contribution is 0.403. The third-order valence-electron chi connectivity index (χ3n) is 4.41. The van der Waals surface area contributed by atoms with E-state index >= 15 is 0 Å². The van der Waals surface area contributed by atoms with Crippen LogP contribution in [0.2, 0.25) is 5.02 Å². The van der Waals surface area contributed by atoms with Crippen LogP contribution >= 0.6 is 11.6 Å². The van der Waals surface area contributed by atoms with Crippen molar-refractivity contribution in [2.45, 2.75) is 45.6 Å². The van der Waals surface area contributed by atoms with E-state index in [9.17, 15) is 0 Å². The molecular weight excluding hydrogens is 282 g/mol. The topological polar surface area (TPSA) is 43.8 Å². The molecular formula is C17H24ClN3. The van der Waals surface area contributed by atoms with Gasteiger partial charge in [-0.25, -0.2) is 0 Å². The molecule has 114 valence electrons. The van der Waals surface area contributed by atoms with Crippen molar-refractivity contribution in [2.24, 2.45) is 5.73 Å². The highest BCUT2D eigenvalue weighted by Gasteiger charge is 2.32. The van der Waals surface area contributed by atoms with Crippen molar-refractivity contribution in [3.8, 4) is 0 Å². The van der Waals surface area contributed by atoms with Crippen molar-refractivity contribution in [1.82, 2.24) is 9.78 Å². The van der Waals surface area contributed by atoms with Gasteiger partial charge in [-0.2, -0.15) is 5.10 Å². The van der Waals surface area contributed by atoms with Gasteiger partial charge in [0, 0.05) is 24.9 Å². The van der Waals surface area contributed by atoms with E-state index < -0.39 is 0 Å². The largest absolute Gasteiger partial charge is 0.330 e. The van der Waals surface area contributed by atoms with Gasteiger partial charge in [0.15, 0.2) is 0 Å². The summed E-state index contributed by atoms with van der Waals surface area (Å²) >= 11 is 6.48. The highest BCUT2D eigenvalue weighted by molar-refractivity contribution is 6.31. The molecule has 2 N–H and O–H groups in total. The van der Waals surface area contributed by atoms with Crippen molar-refractivity contribution >= 4 is 11.6 Å². The average molecular weight is 306 g/mol. The number of hydrogen-bond donors (Lipinski definition) is 1. The molecule has 0 amide bonds. The summed E-state index contributed by atoms with van der Waals surface area (Å²) in [6.45, 7) is 7.65. The third kappa shape index (κ3) is 2.99. The number of rotatable bonds is 6. The summed E-state index contributed by atoms with van der Waals surface area (Å²) in [5.74, 6) is 0. The number of nitrogens with two attached hydrogens (primary N) is 1. The lowest BCUT2D eigenvalue weighted by Crippen LogP contribution is -2.37. The molecule has 0 radical (unpaired) electrons. The van der Waals surface area contributed by atoms with Crippen LogP contribution in [0.25, 0.3) is 0 Å². The Hall–Kier alpha value is -1.32. The van der Waals surface area contributed by atoms with Gasteiger partial charge in [-0.3, -0.25) is 4.68 Å². The lowest BCUT2D eigenvalue weighted by Gasteiger charge is -2.32. The Labute approximate surface area is 132 Å². The molecule has 0 bridgehead atoms. The van der Waals surface area contributed by atoms with Gasteiger partial charge in [0.05, 0.1) is 16.4 Å². The van der Waals surface area contributed by atoms with Gasteiger partial charge in [0.1, 0.15) is 0 Å². The minimum absolute atomic E-state index is 0.0930. The molecule has 1 unspecified atom stereocenters. The Morgan fingerprint density at radius 3 is 2.43 bits per heavy atom. The molecule has 2 rings (SSSR count). The smallest absolute Gasteiger partial charge is 0.0847 e. The monoisotopic (exact) mass is 305 g/mol. The second kappa shape index (κ2) is 6.63. The number of halogens is 1. The van der Waals surface area contributed by atoms with Gasteiger partial charge in [-0.15, -0.1) is 0 Å². The first-order valence-electron chi connectivity index (χ1n) is 7.55. The van der Waals surface area contributed by atoms with Crippen molar-refractivity contribution in [3.05, 3.63) is 52.3 Å². The molecule has 2 aromatic rings. The zero-order valence-corrected chi connectivity index (χ0v) is 13.8. The molecule has 0 aliphatic rings. The first kappa shape index (κ1) is 16.1. The molecule has 0 spiro atoms. The molecule has 0 fully saturated rings. The lowest BCUT2D eigenvalue weighted by atomic mass is 9.74. The number of nitrogens with zero attached hydrogens (tertiary/aromatic N) is 2. The van der Waals surface area contributed by atoms with E-state index in [-0.39, 0.29) is 5.41 Å². The maximum atomic E-state index is 6.48. The second-order valence-electron chi connectivity index (χ2n) is 5.54. The predicted molar refractivity (Wildman–Crippen MR) is 88.8 cm³/mol. The summed E-state index contributed by atoms with van der Waals surface area (Å²) < 4.78 is 2.00. The summed E-state index contributed by atoms with van der Waals surface area (Å²) in [7, 11) is 0. The molecule has 4 heteroatoms. The molecule has 0 aliphatic carbocycles. The van der Waals surface area contributed by atoms with E-state index in [1.807, 2.05) is 17.7 Å². The Bertz CT molecular complexity index is 586. The molecule has 1 atom stereocenters. The van der Waals surface area contributed by atoms with E-state index in [1.165, 1.54) is 5.56 Å². The molecule has 1 aromatic carbocycles. The molecule has 3 nitrogen and oxygen atoms in total. The molecule has 1 heterocycles. The highest BCUT2D eigenvalue weighted by Crippen LogP contribution is 2.34. The van der Waals surface area contributed by atoms with Crippen LogP contribution in [0, 0.1) is 6.92 Å². The fourth-order valence-corrected chi connectivity index (χ4v) is 3.12. The Morgan fingerprint density at radius 2 is 1.90 bits per heavy atom. The molecule has 0 saturated heterocycles. The van der Waals surface area contributed by atoms with Crippen LogP contribution < -0.4 is 5.73 Å². The van der Waals surface area contributed by atoms with E-state index in [0.29, 0.717) is 6.54 Å². The normalized spacial score (nSPS) is 14.1. The number of benzene rings is 1. The summed E-state index contributed by atoms with van der Waals surface area (Å²) in [6.07, 6.45) is 1.79. The first-order valence-corrected chi connectivity index (χ1v) is 7.93. The Balaban J connectivity index is 2.46. The van der Waals surface area contributed by atoms with E-state index in [1.54, 1.807) is 0 Å². The highest BCUT2D eigenvalue weighted by atomic mass is 35.5. The molecule has 0 saturated carbocycles. The predicted octanol–water partition coefficient (Wildman–Crippen LogP) is 3.71. The molecule has 21 heavy (non-hydrogen) atoms. The quantitative estimate of drug-likeness (QED) is 0.884. The van der Waals surface area contributed by atoms with Crippen molar-refractivity contribution < 1.29 is 0 Å². The summed E-state index contributed by atoms with van der Waals surface area (Å²) in [4.78, 5) is 0. The minimum Gasteiger partial charge on any atom is -0.330 e. The van der Waals surface area contributed by atoms with Gasteiger partial charge >= 0.3 is 0 Å². The fraction of sp³-hybridized carbons (Fsp3) is 0.471. The summed E-state index contributed by atoms with van der Waals surface area (Å²) in [5, 5.41) is 5.30. The van der Waals surface area contributed by atoms with Crippen LogP contribution in [0.4, 0.5) is 0 Å². The first-order chi connectivity index (χ1) is 10.1. The van der Waals surface area contributed by atoms with E-state index in [2.05, 4.69) is 43.2 Å². The Morgan fingerprint density at radius 1 is 1.24 bits per heavy atom. The van der Waals surface area contributed by atoms with Crippen LogP contribution in [-0.2, 0) is 18.4 Å². The van der Waals surface area contributed by atoms with Gasteiger partial charge < -0.3 is 5.73 Å². The summed E-state index contributed by atoms with van der Waals surface area (Å²) in [5.41, 5.74) is 9.33. The second-order valence-corrected chi connectivity index (χ2v) is 5.92. The van der Waals surface area contributed by atoms with Crippen LogP contribution in [0.1, 0.15) is 37.2 Å². The number of aryl methyl sites for hydroxylation is 2. The zero-order chi connectivity index (χ0) is 15.5. The van der Waals surface area contributed by atoms with Gasteiger partial charge in [-0.1, -0.05) is 48.9 Å². The standard InChI is InChI=1S/C17H24ClN3/c1-4-17(12-19,14-9-7-6-8-10-14)11-15-16(18)13(3)20-21(15)5-2/h6-10H,4-5,11-12,19H2,1-3H3. The minimum atomic E-state index is -0.0930. The zero-order valence-electron chi connectivity index (χ0n) is 13.1. The van der Waals surface area contributed by atoms with Gasteiger partial charge in [0.25, 0.3) is 0 Å². The third-order valence-corrected chi connectivity index (χ3v) is 4.90. The molecule has 0 aliphatic heterocycles. The average Bonchev–Trinajstić information content (AvgIpc) is 2.80. The van der Waals surface area contributed by atoms with Gasteiger partial charge in [0.2, 0.25) is 0 Å². The fourth-order valence-electron chi connectivity index (χ4n) is 2.92. The number of aromatic nitrogens is 2. The van der Waals surface area contributed by atoms with Crippen molar-refractivity contribution in [1.29, 1.82) is 0 Å². The van der Waals surface area contributed by atoms with E-state index in [0.717, 1.165) is 35.8 Å². The van der Waals surface area contributed by atoms with Gasteiger partial charge in [-0.05, 0) is 25.8 Å². The van der Waals surface area contributed by atoms with Crippen LogP contribution in [0.5, 0.6) is 0 Å². The number of hydrogen-bond acceptors (Lipinski definition) is 2. The maximum absolute atomic E-state index is 6.48. The van der Waals surface area contributed by atoms with Crippen LogP contribution in [0.3, 0.4) is 0 Å². The van der Waals surface area contributed by atoms with E-state index in [4.69, 9.17) is 17.3 Å².